The second-order valence-electron chi connectivity index (χ2n) is 6.22. The Morgan fingerprint density at radius 1 is 1.33 bits per heavy atom. The van der Waals surface area contributed by atoms with Gasteiger partial charge in [-0.15, -0.1) is 11.3 Å². The molecule has 1 aromatic carbocycles. The Hall–Kier alpha value is -1.85. The van der Waals surface area contributed by atoms with Gasteiger partial charge < -0.3 is 10.1 Å². The predicted molar refractivity (Wildman–Crippen MR) is 99.9 cm³/mol. The number of halogens is 1. The van der Waals surface area contributed by atoms with Crippen molar-refractivity contribution in [2.24, 2.45) is 5.92 Å². The predicted octanol–water partition coefficient (Wildman–Crippen LogP) is 5.22. The highest BCUT2D eigenvalue weighted by Crippen LogP contribution is 2.41. The van der Waals surface area contributed by atoms with Crippen molar-refractivity contribution in [3.05, 3.63) is 40.0 Å². The molecular weight excluding hydrogens is 342 g/mol. The summed E-state index contributed by atoms with van der Waals surface area (Å²) in [6.07, 6.45) is 5.06. The van der Waals surface area contributed by atoms with Crippen LogP contribution in [-0.2, 0) is 12.8 Å². The van der Waals surface area contributed by atoms with Crippen LogP contribution in [0.4, 0.5) is 11.5 Å². The molecule has 0 aliphatic heterocycles. The van der Waals surface area contributed by atoms with E-state index in [0.717, 1.165) is 46.2 Å². The number of rotatable bonds is 3. The van der Waals surface area contributed by atoms with E-state index in [4.69, 9.17) is 16.3 Å². The van der Waals surface area contributed by atoms with Crippen molar-refractivity contribution in [1.29, 1.82) is 0 Å². The van der Waals surface area contributed by atoms with Gasteiger partial charge in [-0.05, 0) is 48.9 Å². The van der Waals surface area contributed by atoms with Crippen molar-refractivity contribution >= 4 is 44.7 Å². The normalized spacial score (nSPS) is 16.9. The van der Waals surface area contributed by atoms with Gasteiger partial charge in [-0.3, -0.25) is 0 Å². The molecule has 3 aromatic rings. The lowest BCUT2D eigenvalue weighted by molar-refractivity contribution is 0.417. The number of anilines is 2. The standard InChI is InChI=1S/C18H18ClN3OS/c1-10-3-5-12-15(7-10)24-18-16(12)17(20-9-21-18)22-13-8-11(19)4-6-14(13)23-2/h4,6,8-10H,3,5,7H2,1-2H3,(H,20,21,22)/t10-/m0/s1. The second-order valence-corrected chi connectivity index (χ2v) is 7.74. The number of nitrogens with one attached hydrogen (secondary N) is 1. The summed E-state index contributed by atoms with van der Waals surface area (Å²) < 4.78 is 5.43. The van der Waals surface area contributed by atoms with Crippen LogP contribution in [0, 0.1) is 5.92 Å². The van der Waals surface area contributed by atoms with Crippen molar-refractivity contribution in [1.82, 2.24) is 9.97 Å². The highest BCUT2D eigenvalue weighted by atomic mass is 35.5. The van der Waals surface area contributed by atoms with Crippen LogP contribution in [0.5, 0.6) is 5.75 Å². The molecule has 0 saturated carbocycles. The minimum Gasteiger partial charge on any atom is -0.495 e. The summed E-state index contributed by atoms with van der Waals surface area (Å²) in [5.74, 6) is 2.31. The average molecular weight is 360 g/mol. The molecule has 1 N–H and O–H groups in total. The Labute approximate surface area is 149 Å². The molecule has 124 valence electrons. The Bertz CT molecular complexity index is 909. The fraction of sp³-hybridized carbons (Fsp3) is 0.333. The molecule has 2 heterocycles. The molecule has 1 atom stereocenters. The quantitative estimate of drug-likeness (QED) is 0.696. The summed E-state index contributed by atoms with van der Waals surface area (Å²) in [7, 11) is 1.65. The number of hydrogen-bond donors (Lipinski definition) is 1. The summed E-state index contributed by atoms with van der Waals surface area (Å²) in [5, 5.41) is 5.20. The van der Waals surface area contributed by atoms with Gasteiger partial charge in [0.25, 0.3) is 0 Å². The summed E-state index contributed by atoms with van der Waals surface area (Å²) in [5.41, 5.74) is 2.21. The molecule has 2 aromatic heterocycles. The average Bonchev–Trinajstić information content (AvgIpc) is 2.93. The van der Waals surface area contributed by atoms with E-state index in [9.17, 15) is 0 Å². The second kappa shape index (κ2) is 6.22. The zero-order valence-corrected chi connectivity index (χ0v) is 15.2. The number of methoxy groups -OCH3 is 1. The van der Waals surface area contributed by atoms with Crippen LogP contribution in [0.25, 0.3) is 10.2 Å². The molecule has 0 fully saturated rings. The van der Waals surface area contributed by atoms with E-state index in [-0.39, 0.29) is 0 Å². The third-order valence-electron chi connectivity index (χ3n) is 4.51. The number of ether oxygens (including phenoxy) is 1. The first kappa shape index (κ1) is 15.7. The number of aryl methyl sites for hydroxylation is 1. The van der Waals surface area contributed by atoms with Crippen LogP contribution in [0.1, 0.15) is 23.8 Å². The molecule has 0 spiro atoms. The van der Waals surface area contributed by atoms with E-state index in [0.29, 0.717) is 5.02 Å². The third kappa shape index (κ3) is 2.72. The van der Waals surface area contributed by atoms with E-state index in [1.165, 1.54) is 16.9 Å². The van der Waals surface area contributed by atoms with E-state index >= 15 is 0 Å². The topological polar surface area (TPSA) is 47.0 Å². The van der Waals surface area contributed by atoms with Crippen LogP contribution >= 0.6 is 22.9 Å². The van der Waals surface area contributed by atoms with Crippen molar-refractivity contribution in [2.45, 2.75) is 26.2 Å². The zero-order valence-electron chi connectivity index (χ0n) is 13.6. The molecule has 0 amide bonds. The maximum Gasteiger partial charge on any atom is 0.142 e. The van der Waals surface area contributed by atoms with Gasteiger partial charge >= 0.3 is 0 Å². The van der Waals surface area contributed by atoms with Crippen molar-refractivity contribution in [3.63, 3.8) is 0 Å². The van der Waals surface area contributed by atoms with Crippen LogP contribution < -0.4 is 10.1 Å². The van der Waals surface area contributed by atoms with Crippen LogP contribution in [0.2, 0.25) is 5.02 Å². The summed E-state index contributed by atoms with van der Waals surface area (Å²) in [4.78, 5) is 11.5. The van der Waals surface area contributed by atoms with Gasteiger partial charge in [-0.25, -0.2) is 9.97 Å². The Kier molecular flexibility index (Phi) is 4.06. The third-order valence-corrected chi connectivity index (χ3v) is 5.90. The molecule has 6 heteroatoms. The molecule has 0 bridgehead atoms. The number of hydrogen-bond acceptors (Lipinski definition) is 5. The largest absolute Gasteiger partial charge is 0.495 e. The number of fused-ring (bicyclic) bond motifs is 3. The number of benzene rings is 1. The zero-order chi connectivity index (χ0) is 16.7. The molecule has 0 radical (unpaired) electrons. The first-order valence-corrected chi connectivity index (χ1v) is 9.21. The Morgan fingerprint density at radius 2 is 2.21 bits per heavy atom. The molecule has 1 aliphatic carbocycles. The Balaban J connectivity index is 1.82. The molecule has 4 rings (SSSR count). The first-order valence-electron chi connectivity index (χ1n) is 8.01. The highest BCUT2D eigenvalue weighted by molar-refractivity contribution is 7.19. The van der Waals surface area contributed by atoms with E-state index in [1.807, 2.05) is 18.2 Å². The van der Waals surface area contributed by atoms with Gasteiger partial charge in [-0.1, -0.05) is 18.5 Å². The lowest BCUT2D eigenvalue weighted by atomic mass is 9.89. The smallest absolute Gasteiger partial charge is 0.142 e. The number of nitrogens with zero attached hydrogens (tertiary/aromatic N) is 2. The lowest BCUT2D eigenvalue weighted by Crippen LogP contribution is -2.09. The highest BCUT2D eigenvalue weighted by Gasteiger charge is 2.23. The van der Waals surface area contributed by atoms with Gasteiger partial charge in [0.2, 0.25) is 0 Å². The van der Waals surface area contributed by atoms with E-state index < -0.39 is 0 Å². The van der Waals surface area contributed by atoms with Crippen molar-refractivity contribution in [2.75, 3.05) is 12.4 Å². The monoisotopic (exact) mass is 359 g/mol. The van der Waals surface area contributed by atoms with E-state index in [2.05, 4.69) is 22.2 Å². The minimum atomic E-state index is 0.657. The van der Waals surface area contributed by atoms with Crippen molar-refractivity contribution < 1.29 is 4.74 Å². The molecule has 4 nitrogen and oxygen atoms in total. The first-order chi connectivity index (χ1) is 11.7. The van der Waals surface area contributed by atoms with Gasteiger partial charge in [-0.2, -0.15) is 0 Å². The molecule has 0 unspecified atom stereocenters. The number of thiophene rings is 1. The van der Waals surface area contributed by atoms with Gasteiger partial charge in [0.1, 0.15) is 22.7 Å². The van der Waals surface area contributed by atoms with Crippen LogP contribution in [-0.4, -0.2) is 17.1 Å². The maximum absolute atomic E-state index is 6.14. The molecule has 1 aliphatic rings. The van der Waals surface area contributed by atoms with E-state index in [1.54, 1.807) is 24.8 Å². The van der Waals surface area contributed by atoms with Crippen LogP contribution in [0.3, 0.4) is 0 Å². The van der Waals surface area contributed by atoms with Gasteiger partial charge in [0.05, 0.1) is 18.2 Å². The van der Waals surface area contributed by atoms with Gasteiger partial charge in [0, 0.05) is 9.90 Å². The van der Waals surface area contributed by atoms with Crippen LogP contribution in [0.15, 0.2) is 24.5 Å². The fourth-order valence-corrected chi connectivity index (χ4v) is 4.80. The fourth-order valence-electron chi connectivity index (χ4n) is 3.28. The van der Waals surface area contributed by atoms with Gasteiger partial charge in [0.15, 0.2) is 0 Å². The Morgan fingerprint density at radius 3 is 3.04 bits per heavy atom. The molecule has 24 heavy (non-hydrogen) atoms. The summed E-state index contributed by atoms with van der Waals surface area (Å²) in [6, 6.07) is 5.53. The molecule has 0 saturated heterocycles. The molecular formula is C18H18ClN3OS. The summed E-state index contributed by atoms with van der Waals surface area (Å²) in [6.45, 7) is 2.31. The maximum atomic E-state index is 6.14. The number of aromatic nitrogens is 2. The SMILES string of the molecule is COc1ccc(Cl)cc1Nc1ncnc2sc3c(c12)CC[C@H](C)C3. The lowest BCUT2D eigenvalue weighted by Gasteiger charge is -2.18. The van der Waals surface area contributed by atoms with Crippen molar-refractivity contribution in [3.8, 4) is 5.75 Å². The summed E-state index contributed by atoms with van der Waals surface area (Å²) >= 11 is 7.94. The minimum absolute atomic E-state index is 0.657.